The third-order valence-corrected chi connectivity index (χ3v) is 6.45. The molecule has 3 rings (SSSR count). The fraction of sp³-hybridized carbons (Fsp3) is 0.143. The van der Waals surface area contributed by atoms with Crippen LogP contribution < -0.4 is 5.32 Å². The topological polar surface area (TPSA) is 76.1 Å². The fourth-order valence-corrected chi connectivity index (χ4v) is 4.46. The van der Waals surface area contributed by atoms with Crippen molar-refractivity contribution < 1.29 is 22.0 Å². The van der Waals surface area contributed by atoms with Crippen molar-refractivity contribution in [2.24, 2.45) is 0 Å². The van der Waals surface area contributed by atoms with E-state index in [1.54, 1.807) is 12.1 Å². The highest BCUT2D eigenvalue weighted by atomic mass is 32.2. The lowest BCUT2D eigenvalue weighted by atomic mass is 10.1. The molecule has 2 aromatic carbocycles. The summed E-state index contributed by atoms with van der Waals surface area (Å²) in [6, 6.07) is 13.2. The SMILES string of the molecule is O=C(Cc1ccc(F)cc1)NCC(c1cccnc1)S(=O)(=O)c1ccc(F)cc1. The van der Waals surface area contributed by atoms with Crippen LogP contribution in [0, 0.1) is 11.6 Å². The van der Waals surface area contributed by atoms with Crippen LogP contribution in [-0.4, -0.2) is 25.9 Å². The Morgan fingerprint density at radius 3 is 2.17 bits per heavy atom. The maximum absolute atomic E-state index is 13.2. The summed E-state index contributed by atoms with van der Waals surface area (Å²) in [5, 5.41) is 1.52. The van der Waals surface area contributed by atoms with Gasteiger partial charge in [0, 0.05) is 18.9 Å². The molecule has 5 nitrogen and oxygen atoms in total. The normalized spacial score (nSPS) is 12.3. The van der Waals surface area contributed by atoms with Crippen molar-refractivity contribution in [2.45, 2.75) is 16.6 Å². The predicted molar refractivity (Wildman–Crippen MR) is 104 cm³/mol. The van der Waals surface area contributed by atoms with Gasteiger partial charge in [-0.1, -0.05) is 18.2 Å². The van der Waals surface area contributed by atoms with Crippen LogP contribution in [-0.2, 0) is 21.1 Å². The number of nitrogens with one attached hydrogen (secondary N) is 1. The van der Waals surface area contributed by atoms with Crippen LogP contribution in [0.2, 0.25) is 0 Å². The van der Waals surface area contributed by atoms with Crippen molar-refractivity contribution in [1.29, 1.82) is 0 Å². The molecule has 1 aromatic heterocycles. The number of amides is 1. The van der Waals surface area contributed by atoms with Crippen LogP contribution in [0.1, 0.15) is 16.4 Å². The maximum atomic E-state index is 13.2. The van der Waals surface area contributed by atoms with E-state index < -0.39 is 32.6 Å². The monoisotopic (exact) mass is 416 g/mol. The molecule has 1 amide bonds. The van der Waals surface area contributed by atoms with Crippen molar-refractivity contribution in [1.82, 2.24) is 10.3 Å². The number of carbonyl (C=O) groups excluding carboxylic acids is 1. The second-order valence-corrected chi connectivity index (χ2v) is 8.51. The summed E-state index contributed by atoms with van der Waals surface area (Å²) in [5.74, 6) is -1.36. The van der Waals surface area contributed by atoms with Gasteiger partial charge in [0.2, 0.25) is 5.91 Å². The Kier molecular flexibility index (Phi) is 6.33. The third-order valence-electron chi connectivity index (χ3n) is 4.34. The molecule has 1 atom stereocenters. The standard InChI is InChI=1S/C21H18F2N2O3S/c22-17-5-3-15(4-6-17)12-21(26)25-14-20(16-2-1-11-24-13-16)29(27,28)19-9-7-18(23)8-10-19/h1-11,13,20H,12,14H2,(H,25,26). The molecule has 1 unspecified atom stereocenters. The van der Waals surface area contributed by atoms with E-state index in [4.69, 9.17) is 0 Å². The Bertz CT molecular complexity index is 1070. The summed E-state index contributed by atoms with van der Waals surface area (Å²) in [7, 11) is -3.92. The van der Waals surface area contributed by atoms with Gasteiger partial charge in [0.25, 0.3) is 0 Å². The van der Waals surface area contributed by atoms with Gasteiger partial charge in [0.1, 0.15) is 16.9 Å². The number of pyridine rings is 1. The smallest absolute Gasteiger partial charge is 0.224 e. The van der Waals surface area contributed by atoms with Crippen LogP contribution in [0.3, 0.4) is 0 Å². The summed E-state index contributed by atoms with van der Waals surface area (Å²) in [6.45, 7) is -0.189. The molecule has 1 heterocycles. The lowest BCUT2D eigenvalue weighted by Crippen LogP contribution is -2.33. The van der Waals surface area contributed by atoms with Gasteiger partial charge in [0.05, 0.1) is 11.3 Å². The summed E-state index contributed by atoms with van der Waals surface area (Å²) < 4.78 is 52.4. The number of sulfone groups is 1. The van der Waals surface area contributed by atoms with Crippen molar-refractivity contribution >= 4 is 15.7 Å². The summed E-state index contributed by atoms with van der Waals surface area (Å²) in [5.41, 5.74) is 1.00. The molecule has 0 saturated heterocycles. The van der Waals surface area contributed by atoms with Crippen LogP contribution in [0.4, 0.5) is 8.78 Å². The zero-order valence-electron chi connectivity index (χ0n) is 15.3. The Morgan fingerprint density at radius 1 is 0.966 bits per heavy atom. The molecule has 0 spiro atoms. The molecule has 0 saturated carbocycles. The Labute approximate surface area is 167 Å². The number of carbonyl (C=O) groups is 1. The molecule has 0 aliphatic carbocycles. The lowest BCUT2D eigenvalue weighted by Gasteiger charge is -2.19. The largest absolute Gasteiger partial charge is 0.354 e. The number of aromatic nitrogens is 1. The summed E-state index contributed by atoms with van der Waals surface area (Å²) in [4.78, 5) is 16.2. The number of nitrogens with zero attached hydrogens (tertiary/aromatic N) is 1. The quantitative estimate of drug-likeness (QED) is 0.600. The molecule has 1 N–H and O–H groups in total. The minimum atomic E-state index is -3.92. The van der Waals surface area contributed by atoms with E-state index in [0.717, 1.165) is 12.1 Å². The van der Waals surface area contributed by atoms with E-state index in [1.807, 2.05) is 0 Å². The van der Waals surface area contributed by atoms with Crippen LogP contribution in [0.5, 0.6) is 0 Å². The second kappa shape index (κ2) is 8.91. The molecule has 150 valence electrons. The highest BCUT2D eigenvalue weighted by molar-refractivity contribution is 7.91. The van der Waals surface area contributed by atoms with Gasteiger partial charge >= 0.3 is 0 Å². The molecule has 0 bridgehead atoms. The van der Waals surface area contributed by atoms with Gasteiger partial charge in [-0.3, -0.25) is 9.78 Å². The Morgan fingerprint density at radius 2 is 1.59 bits per heavy atom. The van der Waals surface area contributed by atoms with Crippen molar-refractivity contribution in [3.05, 3.63) is 95.8 Å². The van der Waals surface area contributed by atoms with Crippen molar-refractivity contribution in [3.8, 4) is 0 Å². The highest BCUT2D eigenvalue weighted by Crippen LogP contribution is 2.28. The van der Waals surface area contributed by atoms with E-state index in [2.05, 4.69) is 10.3 Å². The van der Waals surface area contributed by atoms with E-state index >= 15 is 0 Å². The van der Waals surface area contributed by atoms with E-state index in [9.17, 15) is 22.0 Å². The zero-order chi connectivity index (χ0) is 20.9. The minimum absolute atomic E-state index is 0.0172. The maximum Gasteiger partial charge on any atom is 0.224 e. The van der Waals surface area contributed by atoms with Gasteiger partial charge in [-0.25, -0.2) is 17.2 Å². The molecule has 0 aliphatic heterocycles. The van der Waals surface area contributed by atoms with E-state index in [0.29, 0.717) is 11.1 Å². The zero-order valence-corrected chi connectivity index (χ0v) is 16.1. The summed E-state index contributed by atoms with van der Waals surface area (Å²) in [6.07, 6.45) is 2.91. The molecule has 29 heavy (non-hydrogen) atoms. The first-order valence-corrected chi connectivity index (χ1v) is 10.3. The number of benzene rings is 2. The molecular formula is C21H18F2N2O3S. The highest BCUT2D eigenvalue weighted by Gasteiger charge is 2.30. The van der Waals surface area contributed by atoms with E-state index in [1.165, 1.54) is 48.8 Å². The number of hydrogen-bond donors (Lipinski definition) is 1. The fourth-order valence-electron chi connectivity index (χ4n) is 2.82. The first kappa shape index (κ1) is 20.6. The van der Waals surface area contributed by atoms with Crippen molar-refractivity contribution in [3.63, 3.8) is 0 Å². The Hall–Kier alpha value is -3.13. The average Bonchev–Trinajstić information content (AvgIpc) is 2.71. The molecule has 3 aromatic rings. The first-order valence-electron chi connectivity index (χ1n) is 8.77. The number of halogens is 2. The van der Waals surface area contributed by atoms with E-state index in [-0.39, 0.29) is 17.9 Å². The number of rotatable bonds is 7. The molecule has 0 aliphatic rings. The predicted octanol–water partition coefficient (Wildman–Crippen LogP) is 3.23. The van der Waals surface area contributed by atoms with Gasteiger partial charge in [-0.15, -0.1) is 0 Å². The molecule has 0 fully saturated rings. The minimum Gasteiger partial charge on any atom is -0.354 e. The number of hydrogen-bond acceptors (Lipinski definition) is 4. The van der Waals surface area contributed by atoms with Crippen molar-refractivity contribution in [2.75, 3.05) is 6.54 Å². The lowest BCUT2D eigenvalue weighted by molar-refractivity contribution is -0.120. The van der Waals surface area contributed by atoms with Crippen LogP contribution in [0.15, 0.2) is 78.0 Å². The first-order chi connectivity index (χ1) is 13.9. The van der Waals surface area contributed by atoms with Crippen LogP contribution >= 0.6 is 0 Å². The van der Waals surface area contributed by atoms with Gasteiger partial charge in [-0.05, 0) is 53.6 Å². The van der Waals surface area contributed by atoms with Gasteiger partial charge in [0.15, 0.2) is 9.84 Å². The third kappa shape index (κ3) is 5.23. The molecule has 8 heteroatoms. The van der Waals surface area contributed by atoms with Gasteiger partial charge in [-0.2, -0.15) is 0 Å². The molecule has 0 radical (unpaired) electrons. The Balaban J connectivity index is 1.80. The molecular weight excluding hydrogens is 398 g/mol. The average molecular weight is 416 g/mol. The van der Waals surface area contributed by atoms with Gasteiger partial charge < -0.3 is 5.32 Å². The van der Waals surface area contributed by atoms with Crippen LogP contribution in [0.25, 0.3) is 0 Å². The second-order valence-electron chi connectivity index (χ2n) is 6.38. The summed E-state index contributed by atoms with van der Waals surface area (Å²) >= 11 is 0.